The molecular weight excluding hydrogens is 377 g/mol. The number of aryl methyl sites for hydroxylation is 2. The molecule has 0 aliphatic carbocycles. The van der Waals surface area contributed by atoms with Gasteiger partial charge in [0, 0.05) is 13.1 Å². The Bertz CT molecular complexity index is 601. The molecule has 1 aromatic rings. The highest BCUT2D eigenvalue weighted by molar-refractivity contribution is 5.30. The molecule has 29 heavy (non-hydrogen) atoms. The molecule has 166 valence electrons. The molecule has 2 rings (SSSR count). The molecule has 1 aromatic carbocycles. The number of nitrogens with zero attached hydrogens (tertiary/aromatic N) is 1. The van der Waals surface area contributed by atoms with E-state index in [9.17, 15) is 24.8 Å². The number of alkyl halides is 1. The lowest BCUT2D eigenvalue weighted by molar-refractivity contribution is -0.0894. The van der Waals surface area contributed by atoms with Gasteiger partial charge in [-0.2, -0.15) is 0 Å². The minimum atomic E-state index is -1.36. The zero-order chi connectivity index (χ0) is 21.4. The van der Waals surface area contributed by atoms with E-state index in [1.165, 1.54) is 5.56 Å². The number of rotatable bonds is 10. The molecule has 1 fully saturated rings. The number of aliphatic hydroxyl groups excluding tert-OH is 4. The fraction of sp³-hybridized carbons (Fsp3) is 0.727. The number of aliphatic hydroxyl groups is 4. The van der Waals surface area contributed by atoms with Crippen LogP contribution in [-0.4, -0.2) is 82.2 Å². The number of halogens is 1. The smallest absolute Gasteiger partial charge is 0.123 e. The van der Waals surface area contributed by atoms with E-state index in [1.807, 2.05) is 13.0 Å². The average Bonchev–Trinajstić information content (AvgIpc) is 2.78. The van der Waals surface area contributed by atoms with Crippen molar-refractivity contribution in [3.05, 3.63) is 34.9 Å². The van der Waals surface area contributed by atoms with Crippen molar-refractivity contribution in [1.82, 2.24) is 4.90 Å². The van der Waals surface area contributed by atoms with E-state index in [4.69, 9.17) is 4.74 Å². The Morgan fingerprint density at radius 1 is 1.10 bits per heavy atom. The zero-order valence-corrected chi connectivity index (χ0v) is 17.5. The first-order valence-electron chi connectivity index (χ1n) is 10.6. The van der Waals surface area contributed by atoms with Crippen LogP contribution in [-0.2, 0) is 17.8 Å². The molecule has 0 saturated carbocycles. The fourth-order valence-electron chi connectivity index (χ4n) is 3.68. The van der Waals surface area contributed by atoms with E-state index in [0.717, 1.165) is 17.5 Å². The Labute approximate surface area is 172 Å². The van der Waals surface area contributed by atoms with E-state index in [-0.39, 0.29) is 19.7 Å². The largest absolute Gasteiger partial charge is 0.389 e. The van der Waals surface area contributed by atoms with Crippen LogP contribution in [0.1, 0.15) is 42.9 Å². The first-order valence-corrected chi connectivity index (χ1v) is 10.6. The van der Waals surface area contributed by atoms with Gasteiger partial charge in [-0.1, -0.05) is 25.1 Å². The third-order valence-corrected chi connectivity index (χ3v) is 5.64. The van der Waals surface area contributed by atoms with Gasteiger partial charge in [-0.25, -0.2) is 4.39 Å². The molecule has 0 radical (unpaired) electrons. The summed E-state index contributed by atoms with van der Waals surface area (Å²) in [6, 6.07) is 6.26. The molecule has 1 aliphatic rings. The molecular formula is C22H36FNO5. The third-order valence-electron chi connectivity index (χ3n) is 5.64. The lowest BCUT2D eigenvalue weighted by Gasteiger charge is -2.23. The van der Waals surface area contributed by atoms with Gasteiger partial charge in [0.2, 0.25) is 0 Å². The van der Waals surface area contributed by atoms with E-state index >= 15 is 0 Å². The first kappa shape index (κ1) is 24.2. The van der Waals surface area contributed by atoms with Crippen LogP contribution in [0.25, 0.3) is 0 Å². The maximum atomic E-state index is 14.1. The summed E-state index contributed by atoms with van der Waals surface area (Å²) in [6.07, 6.45) is -3.24. The first-order chi connectivity index (χ1) is 13.8. The van der Waals surface area contributed by atoms with Gasteiger partial charge >= 0.3 is 0 Å². The van der Waals surface area contributed by atoms with Gasteiger partial charge in [0.15, 0.2) is 0 Å². The van der Waals surface area contributed by atoms with Crippen molar-refractivity contribution in [3.63, 3.8) is 0 Å². The van der Waals surface area contributed by atoms with Gasteiger partial charge < -0.3 is 25.2 Å². The molecule has 0 aromatic heterocycles. The number of β-amino-alcohol motifs (C(OH)–C–C–N with tert-alkyl or cyclic N) is 2. The Morgan fingerprint density at radius 2 is 1.76 bits per heavy atom. The van der Waals surface area contributed by atoms with Crippen molar-refractivity contribution < 1.29 is 29.6 Å². The van der Waals surface area contributed by atoms with Gasteiger partial charge in [-0.05, 0) is 55.8 Å². The summed E-state index contributed by atoms with van der Waals surface area (Å²) in [6.45, 7) is 5.53. The SMILES string of the molecule is CCc1ccc(COCC(F)CCCCN2C[C@H](O)[C@@H](O)[C@H](O)[C@@H](O)C2)c(C)c1. The second-order valence-electron chi connectivity index (χ2n) is 8.10. The van der Waals surface area contributed by atoms with Crippen molar-refractivity contribution in [2.75, 3.05) is 26.2 Å². The Balaban J connectivity index is 1.63. The number of benzene rings is 1. The summed E-state index contributed by atoms with van der Waals surface area (Å²) in [5.74, 6) is 0. The van der Waals surface area contributed by atoms with E-state index < -0.39 is 30.6 Å². The molecule has 6 nitrogen and oxygen atoms in total. The fourth-order valence-corrected chi connectivity index (χ4v) is 3.68. The molecule has 0 amide bonds. The summed E-state index contributed by atoms with van der Waals surface area (Å²) in [4.78, 5) is 1.79. The van der Waals surface area contributed by atoms with Crippen LogP contribution in [0.15, 0.2) is 18.2 Å². The standard InChI is InChI=1S/C22H36FNO5/c1-3-16-7-8-17(15(2)10-16)13-29-14-18(23)6-4-5-9-24-11-19(25)21(27)22(28)20(26)12-24/h7-8,10,18-22,25-28H,3-6,9,11-14H2,1-2H3/t18?,19-,20-,21+,22+/m0/s1. The molecule has 7 heteroatoms. The second-order valence-corrected chi connectivity index (χ2v) is 8.10. The summed E-state index contributed by atoms with van der Waals surface area (Å²) in [5, 5.41) is 39.2. The number of unbranched alkanes of at least 4 members (excludes halogenated alkanes) is 1. The van der Waals surface area contributed by atoms with E-state index in [2.05, 4.69) is 19.1 Å². The van der Waals surface area contributed by atoms with Crippen LogP contribution in [0, 0.1) is 6.92 Å². The Hall–Kier alpha value is -1.09. The third kappa shape index (κ3) is 7.59. The van der Waals surface area contributed by atoms with Crippen LogP contribution in [0.4, 0.5) is 4.39 Å². The number of ether oxygens (including phenoxy) is 1. The molecule has 1 unspecified atom stereocenters. The van der Waals surface area contributed by atoms with Gasteiger partial charge in [-0.3, -0.25) is 4.90 Å². The maximum absolute atomic E-state index is 14.1. The van der Waals surface area contributed by atoms with Crippen molar-refractivity contribution >= 4 is 0 Å². The highest BCUT2D eigenvalue weighted by atomic mass is 19.1. The minimum absolute atomic E-state index is 0.0640. The van der Waals surface area contributed by atoms with Crippen molar-refractivity contribution in [2.24, 2.45) is 0 Å². The van der Waals surface area contributed by atoms with E-state index in [0.29, 0.717) is 32.4 Å². The topological polar surface area (TPSA) is 93.4 Å². The lowest BCUT2D eigenvalue weighted by Crippen LogP contribution is -2.43. The van der Waals surface area contributed by atoms with Crippen LogP contribution >= 0.6 is 0 Å². The number of likely N-dealkylation sites (tertiary alicyclic amines) is 1. The zero-order valence-electron chi connectivity index (χ0n) is 17.5. The Kier molecular flexibility index (Phi) is 9.95. The van der Waals surface area contributed by atoms with Crippen molar-refractivity contribution in [3.8, 4) is 0 Å². The molecule has 1 aliphatic heterocycles. The van der Waals surface area contributed by atoms with E-state index in [1.54, 1.807) is 4.90 Å². The van der Waals surface area contributed by atoms with Gasteiger partial charge in [0.25, 0.3) is 0 Å². The van der Waals surface area contributed by atoms with Gasteiger partial charge in [0.05, 0.1) is 25.4 Å². The highest BCUT2D eigenvalue weighted by Gasteiger charge is 2.35. The van der Waals surface area contributed by atoms with Gasteiger partial charge in [0.1, 0.15) is 18.4 Å². The number of hydrogen-bond acceptors (Lipinski definition) is 6. The summed E-state index contributed by atoms with van der Waals surface area (Å²) < 4.78 is 19.6. The van der Waals surface area contributed by atoms with Gasteiger partial charge in [-0.15, -0.1) is 0 Å². The summed E-state index contributed by atoms with van der Waals surface area (Å²) in [7, 11) is 0. The summed E-state index contributed by atoms with van der Waals surface area (Å²) in [5.41, 5.74) is 3.52. The number of hydrogen-bond donors (Lipinski definition) is 4. The molecule has 1 saturated heterocycles. The quantitative estimate of drug-likeness (QED) is 0.433. The lowest BCUT2D eigenvalue weighted by atomic mass is 10.0. The molecule has 0 spiro atoms. The molecule has 5 atom stereocenters. The van der Waals surface area contributed by atoms with Crippen LogP contribution < -0.4 is 0 Å². The highest BCUT2D eigenvalue weighted by Crippen LogP contribution is 2.16. The predicted octanol–water partition coefficient (Wildman–Crippen LogP) is 1.34. The minimum Gasteiger partial charge on any atom is -0.389 e. The monoisotopic (exact) mass is 413 g/mol. The van der Waals surface area contributed by atoms with Crippen LogP contribution in [0.3, 0.4) is 0 Å². The second kappa shape index (κ2) is 11.9. The van der Waals surface area contributed by atoms with Crippen LogP contribution in [0.5, 0.6) is 0 Å². The Morgan fingerprint density at radius 3 is 2.34 bits per heavy atom. The molecule has 1 heterocycles. The van der Waals surface area contributed by atoms with Crippen LogP contribution in [0.2, 0.25) is 0 Å². The molecule has 0 bridgehead atoms. The summed E-state index contributed by atoms with van der Waals surface area (Å²) >= 11 is 0. The predicted molar refractivity (Wildman–Crippen MR) is 109 cm³/mol. The molecule has 4 N–H and O–H groups in total. The normalized spacial score (nSPS) is 27.0. The maximum Gasteiger partial charge on any atom is 0.123 e. The average molecular weight is 414 g/mol. The van der Waals surface area contributed by atoms with Crippen molar-refractivity contribution in [1.29, 1.82) is 0 Å². The van der Waals surface area contributed by atoms with Crippen molar-refractivity contribution in [2.45, 2.75) is 76.7 Å².